The number of allylic oxidation sites excluding steroid dienone is 1. The number of carbonyl (C=O) groups is 2. The number of hydrogen-bond donors (Lipinski definition) is 3. The third kappa shape index (κ3) is 5.21. The normalized spacial score (nSPS) is 11.1. The largest absolute Gasteiger partial charge is 0.426 e. The highest BCUT2D eigenvalue weighted by Crippen LogP contribution is 2.18. The fourth-order valence-electron chi connectivity index (χ4n) is 1.44. The Labute approximate surface area is 132 Å². The highest BCUT2D eigenvalue weighted by molar-refractivity contribution is 6.31. The Hall–Kier alpha value is -2.35. The number of halogens is 1. The summed E-state index contributed by atoms with van der Waals surface area (Å²) in [7, 11) is 0. The molecule has 0 atom stereocenters. The molecule has 0 aliphatic heterocycles. The number of nitrogens with zero attached hydrogens (tertiary/aromatic N) is 2. The summed E-state index contributed by atoms with van der Waals surface area (Å²) in [5.74, 6) is -1.42. The standard InChI is InChI=1S/C13H18ClN5O3/c1-3-4-5-17-8(20)6-7(2)22-13(21)9-11(15)19-12(16)10(14)18-9/h6H,3-5H2,1-2H3,(H,17,20)(H4,15,16,19). The zero-order valence-corrected chi connectivity index (χ0v) is 13.1. The highest BCUT2D eigenvalue weighted by atomic mass is 35.5. The number of ether oxygens (including phenoxy) is 1. The number of nitrogen functional groups attached to an aromatic ring is 2. The summed E-state index contributed by atoms with van der Waals surface area (Å²) in [5, 5.41) is 2.51. The van der Waals surface area contributed by atoms with Gasteiger partial charge in [-0.15, -0.1) is 0 Å². The van der Waals surface area contributed by atoms with Gasteiger partial charge in [0.25, 0.3) is 0 Å². The Kier molecular flexibility index (Phi) is 6.58. The Morgan fingerprint density at radius 3 is 2.64 bits per heavy atom. The second-order valence-corrected chi connectivity index (χ2v) is 4.78. The highest BCUT2D eigenvalue weighted by Gasteiger charge is 2.18. The molecule has 9 heteroatoms. The lowest BCUT2D eigenvalue weighted by Crippen LogP contribution is -2.22. The summed E-state index contributed by atoms with van der Waals surface area (Å²) in [6, 6.07) is 0. The van der Waals surface area contributed by atoms with Crippen LogP contribution in [0.25, 0.3) is 0 Å². The molecular weight excluding hydrogens is 310 g/mol. The van der Waals surface area contributed by atoms with Crippen LogP contribution in [0.15, 0.2) is 11.8 Å². The molecule has 0 bridgehead atoms. The van der Waals surface area contributed by atoms with E-state index in [1.54, 1.807) is 0 Å². The van der Waals surface area contributed by atoms with Crippen LogP contribution in [-0.4, -0.2) is 28.4 Å². The first-order chi connectivity index (χ1) is 10.3. The third-order valence-electron chi connectivity index (χ3n) is 2.52. The summed E-state index contributed by atoms with van der Waals surface area (Å²) in [5.41, 5.74) is 10.7. The van der Waals surface area contributed by atoms with Crippen molar-refractivity contribution in [3.63, 3.8) is 0 Å². The van der Waals surface area contributed by atoms with Crippen LogP contribution >= 0.6 is 11.6 Å². The van der Waals surface area contributed by atoms with Gasteiger partial charge in [-0.2, -0.15) is 0 Å². The van der Waals surface area contributed by atoms with Crippen LogP contribution in [0.2, 0.25) is 5.15 Å². The van der Waals surface area contributed by atoms with Crippen molar-refractivity contribution in [1.82, 2.24) is 15.3 Å². The zero-order valence-electron chi connectivity index (χ0n) is 12.4. The van der Waals surface area contributed by atoms with Crippen LogP contribution in [0.4, 0.5) is 11.6 Å². The molecule has 0 aromatic carbocycles. The van der Waals surface area contributed by atoms with Crippen LogP contribution in [0.3, 0.4) is 0 Å². The molecule has 120 valence electrons. The number of rotatable bonds is 6. The summed E-state index contributed by atoms with van der Waals surface area (Å²) in [6.45, 7) is 4.02. The molecule has 0 aliphatic rings. The van der Waals surface area contributed by atoms with E-state index in [1.807, 2.05) is 6.92 Å². The van der Waals surface area contributed by atoms with Gasteiger partial charge in [-0.3, -0.25) is 4.79 Å². The lowest BCUT2D eigenvalue weighted by molar-refractivity contribution is -0.116. The maximum atomic E-state index is 11.9. The minimum atomic E-state index is -0.873. The van der Waals surface area contributed by atoms with Crippen molar-refractivity contribution in [2.75, 3.05) is 18.0 Å². The molecule has 0 radical (unpaired) electrons. The Morgan fingerprint density at radius 1 is 1.32 bits per heavy atom. The summed E-state index contributed by atoms with van der Waals surface area (Å²) < 4.78 is 4.97. The first-order valence-electron chi connectivity index (χ1n) is 6.62. The molecule has 0 spiro atoms. The fourth-order valence-corrected chi connectivity index (χ4v) is 1.57. The summed E-state index contributed by atoms with van der Waals surface area (Å²) in [6.07, 6.45) is 3.00. The van der Waals surface area contributed by atoms with Crippen molar-refractivity contribution < 1.29 is 14.3 Å². The molecular formula is C13H18ClN5O3. The van der Waals surface area contributed by atoms with Crippen molar-refractivity contribution in [2.45, 2.75) is 26.7 Å². The second kappa shape index (κ2) is 8.18. The maximum absolute atomic E-state index is 11.9. The topological polar surface area (TPSA) is 133 Å². The van der Waals surface area contributed by atoms with Crippen molar-refractivity contribution in [2.24, 2.45) is 0 Å². The molecule has 0 aliphatic carbocycles. The van der Waals surface area contributed by atoms with Crippen molar-refractivity contribution >= 4 is 35.1 Å². The average molecular weight is 328 g/mol. The van der Waals surface area contributed by atoms with Crippen molar-refractivity contribution in [3.8, 4) is 0 Å². The molecule has 1 heterocycles. The first kappa shape index (κ1) is 17.7. The Balaban J connectivity index is 2.72. The van der Waals surface area contributed by atoms with E-state index in [2.05, 4.69) is 15.3 Å². The molecule has 0 fully saturated rings. The number of carbonyl (C=O) groups excluding carboxylic acids is 2. The van der Waals surface area contributed by atoms with Gasteiger partial charge in [-0.25, -0.2) is 14.8 Å². The van der Waals surface area contributed by atoms with Gasteiger partial charge >= 0.3 is 5.97 Å². The van der Waals surface area contributed by atoms with Gasteiger partial charge in [0, 0.05) is 12.6 Å². The molecule has 0 saturated carbocycles. The molecule has 1 rings (SSSR count). The van der Waals surface area contributed by atoms with E-state index in [4.69, 9.17) is 27.8 Å². The van der Waals surface area contributed by atoms with Crippen molar-refractivity contribution in [3.05, 3.63) is 22.7 Å². The predicted molar refractivity (Wildman–Crippen MR) is 83.0 cm³/mol. The van der Waals surface area contributed by atoms with Gasteiger partial charge in [0.2, 0.25) is 5.91 Å². The lowest BCUT2D eigenvalue weighted by Gasteiger charge is -2.07. The number of nitrogens with one attached hydrogen (secondary N) is 1. The minimum absolute atomic E-state index is 0.0849. The van der Waals surface area contributed by atoms with E-state index in [0.29, 0.717) is 6.54 Å². The minimum Gasteiger partial charge on any atom is -0.426 e. The van der Waals surface area contributed by atoms with E-state index in [1.165, 1.54) is 6.92 Å². The second-order valence-electron chi connectivity index (χ2n) is 4.42. The molecule has 5 N–H and O–H groups in total. The van der Waals surface area contributed by atoms with E-state index < -0.39 is 5.97 Å². The monoisotopic (exact) mass is 327 g/mol. The molecule has 1 amide bonds. The van der Waals surface area contributed by atoms with Gasteiger partial charge in [0.1, 0.15) is 5.76 Å². The van der Waals surface area contributed by atoms with Crippen molar-refractivity contribution in [1.29, 1.82) is 0 Å². The van der Waals surface area contributed by atoms with Crippen LogP contribution in [0, 0.1) is 0 Å². The number of hydrogen-bond acceptors (Lipinski definition) is 7. The van der Waals surface area contributed by atoms with Crippen LogP contribution in [0.5, 0.6) is 0 Å². The molecule has 0 saturated heterocycles. The van der Waals surface area contributed by atoms with Crippen LogP contribution in [-0.2, 0) is 9.53 Å². The first-order valence-corrected chi connectivity index (χ1v) is 6.99. The van der Waals surface area contributed by atoms with Gasteiger partial charge in [0.15, 0.2) is 22.5 Å². The Morgan fingerprint density at radius 2 is 2.00 bits per heavy atom. The number of anilines is 2. The number of amides is 1. The average Bonchev–Trinajstić information content (AvgIpc) is 2.42. The van der Waals surface area contributed by atoms with Crippen LogP contribution in [0.1, 0.15) is 37.2 Å². The fraction of sp³-hybridized carbons (Fsp3) is 0.385. The Bertz CT molecular complexity index is 604. The number of esters is 1. The maximum Gasteiger partial charge on any atom is 0.365 e. The summed E-state index contributed by atoms with van der Waals surface area (Å²) >= 11 is 5.68. The number of aromatic nitrogens is 2. The molecule has 1 aromatic heterocycles. The zero-order chi connectivity index (χ0) is 16.7. The van der Waals surface area contributed by atoms with Gasteiger partial charge in [-0.05, 0) is 13.3 Å². The van der Waals surface area contributed by atoms with E-state index >= 15 is 0 Å². The quantitative estimate of drug-likeness (QED) is 0.310. The van der Waals surface area contributed by atoms with Crippen LogP contribution < -0.4 is 16.8 Å². The number of unbranched alkanes of at least 4 members (excludes halogenated alkanes) is 1. The van der Waals surface area contributed by atoms with Gasteiger partial charge in [-0.1, -0.05) is 24.9 Å². The summed E-state index contributed by atoms with van der Waals surface area (Å²) in [4.78, 5) is 30.8. The van der Waals surface area contributed by atoms with Gasteiger partial charge in [0.05, 0.1) is 0 Å². The van der Waals surface area contributed by atoms with E-state index in [0.717, 1.165) is 18.9 Å². The predicted octanol–water partition coefficient (Wildman–Crippen LogP) is 1.27. The van der Waals surface area contributed by atoms with E-state index in [-0.39, 0.29) is 34.1 Å². The van der Waals surface area contributed by atoms with Gasteiger partial charge < -0.3 is 21.5 Å². The SMILES string of the molecule is CCCCNC(=O)C=C(C)OC(=O)c1nc(Cl)c(N)nc1N. The molecule has 22 heavy (non-hydrogen) atoms. The molecule has 0 unspecified atom stereocenters. The number of nitrogens with two attached hydrogens (primary N) is 2. The molecule has 1 aromatic rings. The molecule has 8 nitrogen and oxygen atoms in total. The third-order valence-corrected chi connectivity index (χ3v) is 2.79. The lowest BCUT2D eigenvalue weighted by atomic mass is 10.3. The smallest absolute Gasteiger partial charge is 0.365 e. The van der Waals surface area contributed by atoms with E-state index in [9.17, 15) is 9.59 Å².